The molecule has 2 aromatic rings. The quantitative estimate of drug-likeness (QED) is 0.788. The van der Waals surface area contributed by atoms with Crippen LogP contribution in [-0.2, 0) is 9.47 Å². The number of ether oxygens (including phenoxy) is 2. The first-order valence-electron chi connectivity index (χ1n) is 6.20. The number of carbonyl (C=O) groups excluding carboxylic acids is 2. The van der Waals surface area contributed by atoms with Crippen LogP contribution in [0.25, 0.3) is 10.8 Å². The van der Waals surface area contributed by atoms with Crippen molar-refractivity contribution < 1.29 is 19.1 Å². The van der Waals surface area contributed by atoms with Crippen molar-refractivity contribution >= 4 is 22.7 Å². The van der Waals surface area contributed by atoms with Gasteiger partial charge in [0.15, 0.2) is 0 Å². The molecule has 0 N–H and O–H groups in total. The third kappa shape index (κ3) is 2.25. The lowest BCUT2D eigenvalue weighted by Gasteiger charge is -2.11. The second-order valence-corrected chi connectivity index (χ2v) is 4.63. The van der Waals surface area contributed by atoms with Crippen molar-refractivity contribution in [3.8, 4) is 0 Å². The van der Waals surface area contributed by atoms with Gasteiger partial charge in [-0.25, -0.2) is 9.59 Å². The highest BCUT2D eigenvalue weighted by atomic mass is 16.5. The summed E-state index contributed by atoms with van der Waals surface area (Å²) in [4.78, 5) is 23.7. The van der Waals surface area contributed by atoms with Crippen LogP contribution in [0.5, 0.6) is 0 Å². The van der Waals surface area contributed by atoms with E-state index in [0.717, 1.165) is 21.9 Å². The molecule has 0 aromatic heterocycles. The van der Waals surface area contributed by atoms with E-state index in [1.807, 2.05) is 26.0 Å². The number of rotatable bonds is 2. The van der Waals surface area contributed by atoms with Gasteiger partial charge < -0.3 is 9.47 Å². The molecule has 0 saturated carbocycles. The lowest BCUT2D eigenvalue weighted by molar-refractivity contribution is 0.0555. The largest absolute Gasteiger partial charge is 0.465 e. The fourth-order valence-electron chi connectivity index (χ4n) is 2.24. The zero-order valence-corrected chi connectivity index (χ0v) is 11.9. The molecule has 0 aliphatic rings. The molecule has 0 radical (unpaired) electrons. The first-order valence-corrected chi connectivity index (χ1v) is 6.20. The molecule has 0 atom stereocenters. The first kappa shape index (κ1) is 14.1. The molecule has 0 unspecified atom stereocenters. The molecular formula is C16H16O4. The number of fused-ring (bicyclic) bond motifs is 1. The van der Waals surface area contributed by atoms with Crippen LogP contribution in [0.15, 0.2) is 24.3 Å². The maximum atomic E-state index is 11.9. The second-order valence-electron chi connectivity index (χ2n) is 4.63. The fourth-order valence-corrected chi connectivity index (χ4v) is 2.24. The zero-order chi connectivity index (χ0) is 14.9. The summed E-state index contributed by atoms with van der Waals surface area (Å²) >= 11 is 0. The molecule has 4 nitrogen and oxygen atoms in total. The van der Waals surface area contributed by atoms with E-state index in [2.05, 4.69) is 0 Å². The summed E-state index contributed by atoms with van der Waals surface area (Å²) in [5, 5.41) is 1.86. The van der Waals surface area contributed by atoms with E-state index < -0.39 is 11.9 Å². The van der Waals surface area contributed by atoms with E-state index in [4.69, 9.17) is 9.47 Å². The Morgan fingerprint density at radius 2 is 1.15 bits per heavy atom. The highest BCUT2D eigenvalue weighted by molar-refractivity contribution is 6.08. The van der Waals surface area contributed by atoms with Crippen LogP contribution in [0.2, 0.25) is 0 Å². The van der Waals surface area contributed by atoms with Crippen molar-refractivity contribution in [3.63, 3.8) is 0 Å². The predicted octanol–water partition coefficient (Wildman–Crippen LogP) is 3.03. The number of esters is 2. The number of methoxy groups -OCH3 is 2. The molecule has 0 fully saturated rings. The van der Waals surface area contributed by atoms with Crippen molar-refractivity contribution in [3.05, 3.63) is 46.5 Å². The van der Waals surface area contributed by atoms with Crippen molar-refractivity contribution in [1.82, 2.24) is 0 Å². The monoisotopic (exact) mass is 272 g/mol. The summed E-state index contributed by atoms with van der Waals surface area (Å²) in [5.74, 6) is -1.10. The minimum absolute atomic E-state index is 0.223. The molecule has 0 heterocycles. The van der Waals surface area contributed by atoms with Gasteiger partial charge in [0.2, 0.25) is 0 Å². The topological polar surface area (TPSA) is 52.6 Å². The summed E-state index contributed by atoms with van der Waals surface area (Å²) in [5.41, 5.74) is 2.51. The zero-order valence-electron chi connectivity index (χ0n) is 11.9. The Balaban J connectivity index is 2.85. The molecule has 2 aromatic carbocycles. The molecule has 0 aliphatic carbocycles. The normalized spacial score (nSPS) is 10.4. The summed E-state index contributed by atoms with van der Waals surface area (Å²) in [7, 11) is 2.58. The van der Waals surface area contributed by atoms with Crippen molar-refractivity contribution in [2.45, 2.75) is 13.8 Å². The third-order valence-corrected chi connectivity index (χ3v) is 3.40. The molecule has 104 valence electrons. The number of aryl methyl sites for hydroxylation is 2. The number of hydrogen-bond donors (Lipinski definition) is 0. The number of carbonyl (C=O) groups is 2. The van der Waals surface area contributed by atoms with Crippen molar-refractivity contribution in [1.29, 1.82) is 0 Å². The predicted molar refractivity (Wildman–Crippen MR) is 76.1 cm³/mol. The molecule has 2 rings (SSSR count). The molecule has 0 bridgehead atoms. The molecule has 20 heavy (non-hydrogen) atoms. The Bertz CT molecular complexity index is 641. The molecule has 0 spiro atoms. The van der Waals surface area contributed by atoms with Gasteiger partial charge in [0.05, 0.1) is 25.3 Å². The van der Waals surface area contributed by atoms with Crippen LogP contribution >= 0.6 is 0 Å². The smallest absolute Gasteiger partial charge is 0.338 e. The standard InChI is InChI=1S/C16H16O4/c1-9-5-6-10(2)12-8-14(16(18)20-4)13(7-11(9)12)15(17)19-3/h5-8H,1-4H3. The molecule has 4 heteroatoms. The third-order valence-electron chi connectivity index (χ3n) is 3.40. The summed E-state index contributed by atoms with van der Waals surface area (Å²) in [6.07, 6.45) is 0. The van der Waals surface area contributed by atoms with E-state index in [-0.39, 0.29) is 11.1 Å². The van der Waals surface area contributed by atoms with Crippen LogP contribution in [0.4, 0.5) is 0 Å². The van der Waals surface area contributed by atoms with E-state index in [1.165, 1.54) is 14.2 Å². The van der Waals surface area contributed by atoms with Gasteiger partial charge in [-0.2, -0.15) is 0 Å². The SMILES string of the molecule is COC(=O)c1cc2c(C)ccc(C)c2cc1C(=O)OC. The minimum atomic E-state index is -0.548. The van der Waals surface area contributed by atoms with Gasteiger partial charge in [-0.1, -0.05) is 12.1 Å². The van der Waals surface area contributed by atoms with Gasteiger partial charge in [-0.05, 0) is 47.9 Å². The Hall–Kier alpha value is -2.36. The summed E-state index contributed by atoms with van der Waals surface area (Å²) < 4.78 is 9.49. The van der Waals surface area contributed by atoms with Crippen LogP contribution < -0.4 is 0 Å². The minimum Gasteiger partial charge on any atom is -0.465 e. The lowest BCUT2D eigenvalue weighted by Crippen LogP contribution is -2.12. The van der Waals surface area contributed by atoms with Gasteiger partial charge in [-0.15, -0.1) is 0 Å². The van der Waals surface area contributed by atoms with Gasteiger partial charge in [0, 0.05) is 0 Å². The van der Waals surface area contributed by atoms with Gasteiger partial charge in [-0.3, -0.25) is 0 Å². The number of benzene rings is 2. The highest BCUT2D eigenvalue weighted by Gasteiger charge is 2.20. The van der Waals surface area contributed by atoms with Gasteiger partial charge in [0.25, 0.3) is 0 Å². The molecular weight excluding hydrogens is 256 g/mol. The van der Waals surface area contributed by atoms with Crippen molar-refractivity contribution in [2.24, 2.45) is 0 Å². The van der Waals surface area contributed by atoms with Crippen LogP contribution in [0.3, 0.4) is 0 Å². The first-order chi connectivity index (χ1) is 9.49. The Morgan fingerprint density at radius 3 is 1.45 bits per heavy atom. The van der Waals surface area contributed by atoms with Crippen LogP contribution in [0, 0.1) is 13.8 Å². The Morgan fingerprint density at radius 1 is 0.800 bits per heavy atom. The second kappa shape index (κ2) is 5.33. The Labute approximate surface area is 117 Å². The summed E-state index contributed by atoms with van der Waals surface area (Å²) in [6.45, 7) is 3.92. The summed E-state index contributed by atoms with van der Waals surface area (Å²) in [6, 6.07) is 7.35. The van der Waals surface area contributed by atoms with Crippen LogP contribution in [-0.4, -0.2) is 26.2 Å². The number of hydrogen-bond acceptors (Lipinski definition) is 4. The van der Waals surface area contributed by atoms with Gasteiger partial charge >= 0.3 is 11.9 Å². The van der Waals surface area contributed by atoms with E-state index in [9.17, 15) is 9.59 Å². The molecule has 0 aliphatic heterocycles. The van der Waals surface area contributed by atoms with Crippen LogP contribution in [0.1, 0.15) is 31.8 Å². The van der Waals surface area contributed by atoms with E-state index >= 15 is 0 Å². The average Bonchev–Trinajstić information content (AvgIpc) is 2.48. The Kier molecular flexibility index (Phi) is 3.74. The maximum absolute atomic E-state index is 11.9. The highest BCUT2D eigenvalue weighted by Crippen LogP contribution is 2.27. The lowest BCUT2D eigenvalue weighted by atomic mass is 9.95. The molecule has 0 amide bonds. The fraction of sp³-hybridized carbons (Fsp3) is 0.250. The molecule has 0 saturated heterocycles. The van der Waals surface area contributed by atoms with E-state index in [1.54, 1.807) is 12.1 Å². The average molecular weight is 272 g/mol. The maximum Gasteiger partial charge on any atom is 0.338 e. The van der Waals surface area contributed by atoms with Crippen molar-refractivity contribution in [2.75, 3.05) is 14.2 Å². The van der Waals surface area contributed by atoms with Gasteiger partial charge in [0.1, 0.15) is 0 Å². The van der Waals surface area contributed by atoms with E-state index in [0.29, 0.717) is 0 Å².